The number of amides is 2. The van der Waals surface area contributed by atoms with Gasteiger partial charge in [0.05, 0.1) is 23.2 Å². The number of nitrogens with zero attached hydrogens (tertiary/aromatic N) is 2. The summed E-state index contributed by atoms with van der Waals surface area (Å²) in [6.45, 7) is 1.67. The first-order chi connectivity index (χ1) is 16.8. The molecule has 4 rings (SSSR count). The van der Waals surface area contributed by atoms with E-state index < -0.39 is 10.0 Å². The minimum Gasteiger partial charge on any atom is -0.454 e. The minimum absolute atomic E-state index is 0.0751. The first-order valence-electron chi connectivity index (χ1n) is 11.9. The van der Waals surface area contributed by atoms with Crippen molar-refractivity contribution in [3.8, 4) is 11.5 Å². The molecule has 2 aromatic carbocycles. The summed E-state index contributed by atoms with van der Waals surface area (Å²) < 4.78 is 36.7. The van der Waals surface area contributed by atoms with E-state index in [9.17, 15) is 18.0 Å². The Bertz CT molecular complexity index is 1180. The van der Waals surface area contributed by atoms with Crippen molar-refractivity contribution in [2.75, 3.05) is 42.3 Å². The Balaban J connectivity index is 1.38. The van der Waals surface area contributed by atoms with Gasteiger partial charge in [-0.2, -0.15) is 0 Å². The van der Waals surface area contributed by atoms with Crippen LogP contribution in [-0.2, 0) is 14.8 Å². The minimum atomic E-state index is -3.57. The van der Waals surface area contributed by atoms with Crippen molar-refractivity contribution in [2.45, 2.75) is 38.5 Å². The van der Waals surface area contributed by atoms with Crippen LogP contribution in [0.5, 0.6) is 11.5 Å². The molecule has 0 saturated carbocycles. The molecule has 2 aliphatic rings. The molecule has 2 aromatic rings. The van der Waals surface area contributed by atoms with Gasteiger partial charge in [0.25, 0.3) is 5.91 Å². The van der Waals surface area contributed by atoms with Gasteiger partial charge in [-0.3, -0.25) is 13.9 Å². The lowest BCUT2D eigenvalue weighted by molar-refractivity contribution is -0.116. The average Bonchev–Trinajstić information content (AvgIpc) is 3.12. The maximum absolute atomic E-state index is 13.1. The van der Waals surface area contributed by atoms with Crippen molar-refractivity contribution in [3.05, 3.63) is 48.0 Å². The van der Waals surface area contributed by atoms with Crippen molar-refractivity contribution >= 4 is 33.2 Å². The molecular weight excluding hydrogens is 470 g/mol. The van der Waals surface area contributed by atoms with Gasteiger partial charge in [-0.25, -0.2) is 8.42 Å². The van der Waals surface area contributed by atoms with Gasteiger partial charge in [0.15, 0.2) is 11.5 Å². The third kappa shape index (κ3) is 6.25. The second-order valence-electron chi connectivity index (χ2n) is 8.78. The van der Waals surface area contributed by atoms with E-state index in [0.29, 0.717) is 34.9 Å². The van der Waals surface area contributed by atoms with Gasteiger partial charge in [-0.1, -0.05) is 25.0 Å². The van der Waals surface area contributed by atoms with Gasteiger partial charge in [0, 0.05) is 32.1 Å². The molecule has 2 heterocycles. The number of rotatable bonds is 8. The molecule has 0 aromatic heterocycles. The molecule has 2 amide bonds. The number of hydrogen-bond acceptors (Lipinski definition) is 6. The Morgan fingerprint density at radius 3 is 2.46 bits per heavy atom. The summed E-state index contributed by atoms with van der Waals surface area (Å²) >= 11 is 0. The third-order valence-electron chi connectivity index (χ3n) is 6.13. The summed E-state index contributed by atoms with van der Waals surface area (Å²) in [6.07, 6.45) is 5.75. The fourth-order valence-electron chi connectivity index (χ4n) is 4.35. The summed E-state index contributed by atoms with van der Waals surface area (Å²) in [5.41, 5.74) is 1.40. The number of nitrogens with one attached hydrogen (secondary N) is 1. The van der Waals surface area contributed by atoms with Crippen molar-refractivity contribution in [2.24, 2.45) is 0 Å². The molecule has 0 atom stereocenters. The number of benzene rings is 2. The lowest BCUT2D eigenvalue weighted by Gasteiger charge is -2.23. The molecule has 0 radical (unpaired) electrons. The van der Waals surface area contributed by atoms with Crippen LogP contribution >= 0.6 is 0 Å². The molecular formula is C25H31N3O6S. The molecule has 0 spiro atoms. The van der Waals surface area contributed by atoms with Crippen LogP contribution in [0.15, 0.2) is 42.5 Å². The number of ether oxygens (including phenoxy) is 2. The summed E-state index contributed by atoms with van der Waals surface area (Å²) in [6, 6.07) is 12.0. The van der Waals surface area contributed by atoms with Gasteiger partial charge in [-0.05, 0) is 43.5 Å². The lowest BCUT2D eigenvalue weighted by Crippen LogP contribution is -2.33. The molecule has 1 fully saturated rings. The molecule has 0 aliphatic carbocycles. The SMILES string of the molecule is CS(=O)(=O)N(CCCC(=O)Nc1ccccc1C(=O)N1CCCCCC1)c1ccc2c(c1)OCO2. The van der Waals surface area contributed by atoms with E-state index in [2.05, 4.69) is 5.32 Å². The van der Waals surface area contributed by atoms with Crippen LogP contribution in [0.3, 0.4) is 0 Å². The first-order valence-corrected chi connectivity index (χ1v) is 13.7. The number of carbonyl (C=O) groups excluding carboxylic acids is 2. The normalized spacial score (nSPS) is 15.4. The Labute approximate surface area is 206 Å². The Hall–Kier alpha value is -3.27. The molecule has 1 saturated heterocycles. The summed E-state index contributed by atoms with van der Waals surface area (Å²) in [4.78, 5) is 27.6. The summed E-state index contributed by atoms with van der Waals surface area (Å²) in [5.74, 6) is 0.698. The Kier molecular flexibility index (Phi) is 7.80. The smallest absolute Gasteiger partial charge is 0.255 e. The van der Waals surface area contributed by atoms with E-state index >= 15 is 0 Å². The summed E-state index contributed by atoms with van der Waals surface area (Å²) in [7, 11) is -3.57. The highest BCUT2D eigenvalue weighted by Crippen LogP contribution is 2.36. The first kappa shape index (κ1) is 24.8. The zero-order valence-corrected chi connectivity index (χ0v) is 20.7. The second kappa shape index (κ2) is 11.0. The van der Waals surface area contributed by atoms with Gasteiger partial charge in [0.1, 0.15) is 0 Å². The second-order valence-corrected chi connectivity index (χ2v) is 10.7. The maximum atomic E-state index is 13.1. The van der Waals surface area contributed by atoms with Crippen LogP contribution in [-0.4, -0.2) is 57.8 Å². The molecule has 0 bridgehead atoms. The largest absolute Gasteiger partial charge is 0.454 e. The van der Waals surface area contributed by atoms with Gasteiger partial charge >= 0.3 is 0 Å². The Morgan fingerprint density at radius 1 is 1.00 bits per heavy atom. The van der Waals surface area contributed by atoms with Crippen LogP contribution in [0.4, 0.5) is 11.4 Å². The highest BCUT2D eigenvalue weighted by molar-refractivity contribution is 7.92. The number of para-hydroxylation sites is 1. The van der Waals surface area contributed by atoms with Crippen LogP contribution < -0.4 is 19.1 Å². The fourth-order valence-corrected chi connectivity index (χ4v) is 5.30. The molecule has 9 nitrogen and oxygen atoms in total. The number of fused-ring (bicyclic) bond motifs is 1. The highest BCUT2D eigenvalue weighted by atomic mass is 32.2. The number of sulfonamides is 1. The van der Waals surface area contributed by atoms with Gasteiger partial charge in [0.2, 0.25) is 22.7 Å². The number of likely N-dealkylation sites (tertiary alicyclic amines) is 1. The van der Waals surface area contributed by atoms with E-state index in [1.807, 2.05) is 4.90 Å². The van der Waals surface area contributed by atoms with Crippen LogP contribution in [0.2, 0.25) is 0 Å². The van der Waals surface area contributed by atoms with Crippen molar-refractivity contribution < 1.29 is 27.5 Å². The molecule has 35 heavy (non-hydrogen) atoms. The molecule has 188 valence electrons. The molecule has 1 N–H and O–H groups in total. The molecule has 0 unspecified atom stereocenters. The van der Waals surface area contributed by atoms with Crippen LogP contribution in [0.1, 0.15) is 48.9 Å². The third-order valence-corrected chi connectivity index (χ3v) is 7.33. The van der Waals surface area contributed by atoms with Crippen molar-refractivity contribution in [3.63, 3.8) is 0 Å². The predicted molar refractivity (Wildman–Crippen MR) is 133 cm³/mol. The standard InChI is InChI=1S/C25H31N3O6S/c1-35(31,32)28(19-12-13-22-23(17-19)34-18-33-22)16-8-11-24(29)26-21-10-5-4-9-20(21)25(30)27-14-6-2-3-7-15-27/h4-5,9-10,12-13,17H,2-3,6-8,11,14-16,18H2,1H3,(H,26,29). The zero-order chi connectivity index (χ0) is 24.8. The number of anilines is 2. The van der Waals surface area contributed by atoms with Crippen LogP contribution in [0.25, 0.3) is 0 Å². The zero-order valence-electron chi connectivity index (χ0n) is 19.9. The molecule has 10 heteroatoms. The van der Waals surface area contributed by atoms with Crippen molar-refractivity contribution in [1.82, 2.24) is 4.90 Å². The number of hydrogen-bond donors (Lipinski definition) is 1. The number of carbonyl (C=O) groups is 2. The fraction of sp³-hybridized carbons (Fsp3) is 0.440. The lowest BCUT2D eigenvalue weighted by atomic mass is 10.1. The summed E-state index contributed by atoms with van der Waals surface area (Å²) in [5, 5.41) is 2.84. The maximum Gasteiger partial charge on any atom is 0.255 e. The Morgan fingerprint density at radius 2 is 1.71 bits per heavy atom. The van der Waals surface area contributed by atoms with E-state index in [0.717, 1.165) is 45.0 Å². The topological polar surface area (TPSA) is 105 Å². The van der Waals surface area contributed by atoms with Gasteiger partial charge < -0.3 is 19.7 Å². The van der Waals surface area contributed by atoms with Crippen molar-refractivity contribution in [1.29, 1.82) is 0 Å². The van der Waals surface area contributed by atoms with E-state index in [1.165, 1.54) is 4.31 Å². The predicted octanol–water partition coefficient (Wildman–Crippen LogP) is 3.62. The molecule has 2 aliphatic heterocycles. The van der Waals surface area contributed by atoms with E-state index in [4.69, 9.17) is 9.47 Å². The monoisotopic (exact) mass is 501 g/mol. The van der Waals surface area contributed by atoms with E-state index in [-0.39, 0.29) is 31.6 Å². The van der Waals surface area contributed by atoms with Gasteiger partial charge in [-0.15, -0.1) is 0 Å². The van der Waals surface area contributed by atoms with E-state index in [1.54, 1.807) is 42.5 Å². The highest BCUT2D eigenvalue weighted by Gasteiger charge is 2.23. The van der Waals surface area contributed by atoms with Crippen LogP contribution in [0, 0.1) is 0 Å². The quantitative estimate of drug-likeness (QED) is 0.592. The average molecular weight is 502 g/mol.